The van der Waals surface area contributed by atoms with Gasteiger partial charge in [0, 0.05) is 5.56 Å². The average molecular weight is 330 g/mol. The van der Waals surface area contributed by atoms with Crippen LogP contribution >= 0.6 is 0 Å². The highest BCUT2D eigenvalue weighted by atomic mass is 32.2. The van der Waals surface area contributed by atoms with E-state index >= 15 is 0 Å². The summed E-state index contributed by atoms with van der Waals surface area (Å²) in [7, 11) is -3.83. The van der Waals surface area contributed by atoms with E-state index in [2.05, 4.69) is 5.16 Å². The smallest absolute Gasteiger partial charge is 0.238 e. The number of aliphatic hydroxyl groups is 1. The number of nitrogens with two attached hydrogens (primary N) is 1. The topological polar surface area (TPSA) is 106 Å². The van der Waals surface area contributed by atoms with Crippen molar-refractivity contribution in [3.63, 3.8) is 0 Å². The van der Waals surface area contributed by atoms with Gasteiger partial charge in [-0.05, 0) is 17.7 Å². The molecule has 1 aromatic heterocycles. The van der Waals surface area contributed by atoms with E-state index in [4.69, 9.17) is 9.66 Å². The van der Waals surface area contributed by atoms with Crippen molar-refractivity contribution in [2.24, 2.45) is 5.14 Å². The summed E-state index contributed by atoms with van der Waals surface area (Å²) in [6.07, 6.45) is 0. The lowest BCUT2D eigenvalue weighted by molar-refractivity contribution is 0.230. The van der Waals surface area contributed by atoms with Crippen LogP contribution in [-0.2, 0) is 16.6 Å². The van der Waals surface area contributed by atoms with Gasteiger partial charge in [-0.25, -0.2) is 13.6 Å². The van der Waals surface area contributed by atoms with Gasteiger partial charge in [-0.15, -0.1) is 0 Å². The minimum absolute atomic E-state index is 0.0147. The third-order valence-electron chi connectivity index (χ3n) is 3.40. The van der Waals surface area contributed by atoms with E-state index in [-0.39, 0.29) is 17.3 Å². The van der Waals surface area contributed by atoms with E-state index in [0.717, 1.165) is 5.56 Å². The van der Waals surface area contributed by atoms with Crippen LogP contribution in [0.15, 0.2) is 64.0 Å². The molecule has 6 nitrogen and oxygen atoms in total. The molecule has 0 fully saturated rings. The lowest BCUT2D eigenvalue weighted by atomic mass is 9.99. The summed E-state index contributed by atoms with van der Waals surface area (Å²) >= 11 is 0. The maximum Gasteiger partial charge on any atom is 0.238 e. The Morgan fingerprint density at radius 1 is 1.04 bits per heavy atom. The standard InChI is InChI=1S/C16H14N2O4S/c17-23(20,21)13-8-4-7-12(9-13)15-14(10-19)22-18-16(15)11-5-2-1-3-6-11/h1-9,19H,10H2,(H2,17,20,21). The zero-order chi connectivity index (χ0) is 16.4. The Labute approximate surface area is 133 Å². The molecule has 0 radical (unpaired) electrons. The van der Waals surface area contributed by atoms with Crippen LogP contribution in [0.4, 0.5) is 0 Å². The van der Waals surface area contributed by atoms with Crippen LogP contribution in [0.2, 0.25) is 0 Å². The number of primary sulfonamides is 1. The second-order valence-electron chi connectivity index (χ2n) is 4.93. The van der Waals surface area contributed by atoms with Crippen LogP contribution in [0.3, 0.4) is 0 Å². The predicted molar refractivity (Wildman–Crippen MR) is 84.7 cm³/mol. The molecule has 7 heteroatoms. The van der Waals surface area contributed by atoms with Crippen LogP contribution < -0.4 is 5.14 Å². The summed E-state index contributed by atoms with van der Waals surface area (Å²) in [5.74, 6) is 0.260. The van der Waals surface area contributed by atoms with Gasteiger partial charge in [-0.1, -0.05) is 47.6 Å². The van der Waals surface area contributed by atoms with E-state index in [1.54, 1.807) is 12.1 Å². The highest BCUT2D eigenvalue weighted by Gasteiger charge is 2.20. The highest BCUT2D eigenvalue weighted by molar-refractivity contribution is 7.89. The quantitative estimate of drug-likeness (QED) is 0.762. The number of nitrogens with zero attached hydrogens (tertiary/aromatic N) is 1. The van der Waals surface area contributed by atoms with Gasteiger partial charge < -0.3 is 9.63 Å². The second-order valence-corrected chi connectivity index (χ2v) is 6.49. The molecule has 0 unspecified atom stereocenters. The van der Waals surface area contributed by atoms with Gasteiger partial charge in [-0.2, -0.15) is 0 Å². The number of aliphatic hydroxyl groups excluding tert-OH is 1. The van der Waals surface area contributed by atoms with Crippen molar-refractivity contribution in [3.8, 4) is 22.4 Å². The van der Waals surface area contributed by atoms with E-state index in [9.17, 15) is 13.5 Å². The predicted octanol–water partition coefficient (Wildman–Crippen LogP) is 2.15. The SMILES string of the molecule is NS(=O)(=O)c1cccc(-c2c(-c3ccccc3)noc2CO)c1. The Morgan fingerprint density at radius 2 is 1.74 bits per heavy atom. The first kappa shape index (κ1) is 15.4. The molecule has 0 saturated heterocycles. The van der Waals surface area contributed by atoms with Crippen molar-refractivity contribution in [3.05, 3.63) is 60.4 Å². The maximum absolute atomic E-state index is 11.6. The maximum atomic E-state index is 11.6. The Morgan fingerprint density at radius 3 is 2.39 bits per heavy atom. The van der Waals surface area contributed by atoms with Crippen LogP contribution in [0.1, 0.15) is 5.76 Å². The minimum Gasteiger partial charge on any atom is -0.388 e. The molecule has 0 bridgehead atoms. The van der Waals surface area contributed by atoms with Crippen LogP contribution in [0.25, 0.3) is 22.4 Å². The van der Waals surface area contributed by atoms with Crippen molar-refractivity contribution in [1.29, 1.82) is 0 Å². The number of aromatic nitrogens is 1. The molecule has 2 aromatic carbocycles. The lowest BCUT2D eigenvalue weighted by Crippen LogP contribution is -2.12. The zero-order valence-corrected chi connectivity index (χ0v) is 12.8. The van der Waals surface area contributed by atoms with Gasteiger partial charge in [0.2, 0.25) is 10.0 Å². The van der Waals surface area contributed by atoms with Gasteiger partial charge in [0.05, 0.1) is 10.5 Å². The summed E-state index contributed by atoms with van der Waals surface area (Å²) in [6.45, 7) is -0.352. The number of hydrogen-bond donors (Lipinski definition) is 2. The molecule has 3 rings (SSSR count). The first-order valence-corrected chi connectivity index (χ1v) is 8.33. The summed E-state index contributed by atoms with van der Waals surface area (Å²) < 4.78 is 28.3. The van der Waals surface area contributed by atoms with Crippen LogP contribution in [0, 0.1) is 0 Å². The molecular weight excluding hydrogens is 316 g/mol. The molecule has 3 N–H and O–H groups in total. The molecule has 0 amide bonds. The highest BCUT2D eigenvalue weighted by Crippen LogP contribution is 2.35. The van der Waals surface area contributed by atoms with Crippen molar-refractivity contribution in [2.45, 2.75) is 11.5 Å². The van der Waals surface area contributed by atoms with E-state index in [1.807, 2.05) is 30.3 Å². The summed E-state index contributed by atoms with van der Waals surface area (Å²) in [5, 5.41) is 18.7. The van der Waals surface area contributed by atoms with Gasteiger partial charge in [0.25, 0.3) is 0 Å². The Balaban J connectivity index is 2.22. The second kappa shape index (κ2) is 5.96. The number of sulfonamides is 1. The minimum atomic E-state index is -3.83. The van der Waals surface area contributed by atoms with E-state index in [0.29, 0.717) is 16.8 Å². The Kier molecular flexibility index (Phi) is 3.99. The normalized spacial score (nSPS) is 11.6. The molecule has 118 valence electrons. The first-order valence-electron chi connectivity index (χ1n) is 6.79. The van der Waals surface area contributed by atoms with E-state index < -0.39 is 10.0 Å². The zero-order valence-electron chi connectivity index (χ0n) is 12.0. The molecule has 1 heterocycles. The van der Waals surface area contributed by atoms with Crippen molar-refractivity contribution >= 4 is 10.0 Å². The number of hydrogen-bond acceptors (Lipinski definition) is 5. The Bertz CT molecular complexity index is 934. The van der Waals surface area contributed by atoms with Gasteiger partial charge in [0.1, 0.15) is 12.3 Å². The fourth-order valence-corrected chi connectivity index (χ4v) is 2.91. The summed E-state index contributed by atoms with van der Waals surface area (Å²) in [5.41, 5.74) is 2.43. The van der Waals surface area contributed by atoms with E-state index in [1.165, 1.54) is 12.1 Å². The number of benzene rings is 2. The van der Waals surface area contributed by atoms with Gasteiger partial charge >= 0.3 is 0 Å². The summed E-state index contributed by atoms with van der Waals surface area (Å²) in [4.78, 5) is -0.0147. The molecule has 0 atom stereocenters. The van der Waals surface area contributed by atoms with Crippen LogP contribution in [-0.4, -0.2) is 18.7 Å². The average Bonchev–Trinajstić information content (AvgIpc) is 2.99. The molecule has 0 spiro atoms. The van der Waals surface area contributed by atoms with Crippen molar-refractivity contribution in [2.75, 3.05) is 0 Å². The molecule has 0 saturated carbocycles. The fraction of sp³-hybridized carbons (Fsp3) is 0.0625. The monoisotopic (exact) mass is 330 g/mol. The molecule has 3 aromatic rings. The van der Waals surface area contributed by atoms with Crippen molar-refractivity contribution < 1.29 is 18.0 Å². The van der Waals surface area contributed by atoms with Gasteiger partial charge in [-0.3, -0.25) is 0 Å². The third kappa shape index (κ3) is 3.02. The molecule has 0 aliphatic heterocycles. The molecule has 23 heavy (non-hydrogen) atoms. The molecule has 0 aliphatic rings. The lowest BCUT2D eigenvalue weighted by Gasteiger charge is -2.06. The largest absolute Gasteiger partial charge is 0.388 e. The van der Waals surface area contributed by atoms with Crippen LogP contribution in [0.5, 0.6) is 0 Å². The molecule has 0 aliphatic carbocycles. The summed E-state index contributed by atoms with van der Waals surface area (Å²) in [6, 6.07) is 15.4. The first-order chi connectivity index (χ1) is 11.0. The van der Waals surface area contributed by atoms with Crippen molar-refractivity contribution in [1.82, 2.24) is 5.16 Å². The third-order valence-corrected chi connectivity index (χ3v) is 4.32. The number of rotatable bonds is 4. The fourth-order valence-electron chi connectivity index (χ4n) is 2.35. The molecular formula is C16H14N2O4S. The Hall–Kier alpha value is -2.48. The van der Waals surface area contributed by atoms with Gasteiger partial charge in [0.15, 0.2) is 5.76 Å².